The van der Waals surface area contributed by atoms with Gasteiger partial charge in [0.2, 0.25) is 0 Å². The highest BCUT2D eigenvalue weighted by Gasteiger charge is 2.27. The average Bonchev–Trinajstić information content (AvgIpc) is 2.61. The van der Waals surface area contributed by atoms with Crippen molar-refractivity contribution in [2.75, 3.05) is 30.7 Å². The number of halogens is 1. The molecule has 0 unspecified atom stereocenters. The molecule has 3 nitrogen and oxygen atoms in total. The number of carbonyl (C=O) groups excluding carboxylic acids is 1. The molecule has 0 saturated carbocycles. The minimum absolute atomic E-state index is 0.0757. The van der Waals surface area contributed by atoms with E-state index in [0.717, 1.165) is 37.5 Å². The van der Waals surface area contributed by atoms with Crippen molar-refractivity contribution in [1.29, 1.82) is 0 Å². The summed E-state index contributed by atoms with van der Waals surface area (Å²) in [4.78, 5) is 14.8. The Hall–Kier alpha value is -0.870. The van der Waals surface area contributed by atoms with E-state index in [2.05, 4.69) is 19.2 Å². The van der Waals surface area contributed by atoms with Crippen LogP contribution in [0.25, 0.3) is 0 Å². The summed E-state index contributed by atoms with van der Waals surface area (Å²) < 4.78 is 0.244. The molecule has 2 rings (SSSR count). The number of thioether (sulfide) groups is 1. The van der Waals surface area contributed by atoms with Gasteiger partial charge in [0.1, 0.15) is 0 Å². The third-order valence-electron chi connectivity index (χ3n) is 3.70. The lowest BCUT2D eigenvalue weighted by Gasteiger charge is -2.23. The molecule has 1 fully saturated rings. The van der Waals surface area contributed by atoms with Gasteiger partial charge in [-0.1, -0.05) is 25.4 Å². The predicted molar refractivity (Wildman–Crippen MR) is 92.7 cm³/mol. The minimum atomic E-state index is 0.0757. The van der Waals surface area contributed by atoms with Gasteiger partial charge in [-0.05, 0) is 31.5 Å². The predicted octanol–water partition coefficient (Wildman–Crippen LogP) is 4.13. The van der Waals surface area contributed by atoms with E-state index in [1.807, 2.05) is 35.7 Å². The topological polar surface area (TPSA) is 32.3 Å². The van der Waals surface area contributed by atoms with Gasteiger partial charge in [0.05, 0.1) is 5.56 Å². The van der Waals surface area contributed by atoms with Gasteiger partial charge in [-0.25, -0.2) is 0 Å². The zero-order chi connectivity index (χ0) is 15.5. The molecule has 0 aliphatic carbocycles. The molecular formula is C16H23ClN2OS. The van der Waals surface area contributed by atoms with Crippen LogP contribution in [-0.4, -0.2) is 40.9 Å². The number of benzene rings is 1. The fourth-order valence-corrected chi connectivity index (χ4v) is 3.70. The lowest BCUT2D eigenvalue weighted by Crippen LogP contribution is -2.34. The largest absolute Gasteiger partial charge is 0.385 e. The van der Waals surface area contributed by atoms with Crippen LogP contribution in [0.5, 0.6) is 0 Å². The van der Waals surface area contributed by atoms with Crippen molar-refractivity contribution >= 4 is 35.0 Å². The Morgan fingerprint density at radius 2 is 2.19 bits per heavy atom. The number of amides is 1. The van der Waals surface area contributed by atoms with Gasteiger partial charge in [-0.2, -0.15) is 11.8 Å². The van der Waals surface area contributed by atoms with Gasteiger partial charge in [-0.15, -0.1) is 0 Å². The molecule has 0 bridgehead atoms. The summed E-state index contributed by atoms with van der Waals surface area (Å²) in [6.07, 6.45) is 1.01. The van der Waals surface area contributed by atoms with E-state index >= 15 is 0 Å². The number of anilines is 1. The lowest BCUT2D eigenvalue weighted by molar-refractivity contribution is 0.0765. The first-order valence-electron chi connectivity index (χ1n) is 7.39. The van der Waals surface area contributed by atoms with E-state index < -0.39 is 0 Å². The Kier molecular flexibility index (Phi) is 5.44. The van der Waals surface area contributed by atoms with Crippen molar-refractivity contribution in [3.63, 3.8) is 0 Å². The van der Waals surface area contributed by atoms with Crippen LogP contribution in [0.1, 0.15) is 37.6 Å². The van der Waals surface area contributed by atoms with Crippen molar-refractivity contribution in [3.8, 4) is 0 Å². The third-order valence-corrected chi connectivity index (χ3v) is 5.31. The Labute approximate surface area is 136 Å². The molecule has 1 aliphatic heterocycles. The fraction of sp³-hybridized carbons (Fsp3) is 0.562. The van der Waals surface area contributed by atoms with Crippen LogP contribution in [0.2, 0.25) is 5.02 Å². The van der Waals surface area contributed by atoms with E-state index in [0.29, 0.717) is 10.6 Å². The van der Waals surface area contributed by atoms with Gasteiger partial charge in [0.25, 0.3) is 5.91 Å². The van der Waals surface area contributed by atoms with Crippen LogP contribution in [0.4, 0.5) is 5.69 Å². The Morgan fingerprint density at radius 1 is 1.43 bits per heavy atom. The molecule has 5 heteroatoms. The highest BCUT2D eigenvalue weighted by atomic mass is 35.5. The Balaban J connectivity index is 2.21. The van der Waals surface area contributed by atoms with Gasteiger partial charge in [0.15, 0.2) is 0 Å². The number of nitrogens with zero attached hydrogens (tertiary/aromatic N) is 1. The fourth-order valence-electron chi connectivity index (χ4n) is 2.43. The summed E-state index contributed by atoms with van der Waals surface area (Å²) in [5.74, 6) is 1.06. The maximum absolute atomic E-state index is 12.8. The smallest absolute Gasteiger partial charge is 0.256 e. The summed E-state index contributed by atoms with van der Waals surface area (Å²) in [6, 6.07) is 5.47. The zero-order valence-electron chi connectivity index (χ0n) is 12.9. The molecule has 0 aromatic heterocycles. The maximum atomic E-state index is 12.8. The third kappa shape index (κ3) is 4.30. The second-order valence-corrected chi connectivity index (χ2v) is 8.11. The highest BCUT2D eigenvalue weighted by molar-refractivity contribution is 8.00. The van der Waals surface area contributed by atoms with Crippen molar-refractivity contribution < 1.29 is 4.79 Å². The second kappa shape index (κ2) is 6.93. The summed E-state index contributed by atoms with van der Waals surface area (Å²) >= 11 is 8.01. The molecule has 0 radical (unpaired) electrons. The summed E-state index contributed by atoms with van der Waals surface area (Å²) in [7, 11) is 0. The van der Waals surface area contributed by atoms with Crippen LogP contribution < -0.4 is 5.32 Å². The van der Waals surface area contributed by atoms with E-state index in [4.69, 9.17) is 11.6 Å². The van der Waals surface area contributed by atoms with E-state index in [9.17, 15) is 4.79 Å². The van der Waals surface area contributed by atoms with Crippen LogP contribution >= 0.6 is 23.4 Å². The molecule has 116 valence electrons. The number of hydrogen-bond donors (Lipinski definition) is 1. The van der Waals surface area contributed by atoms with Crippen LogP contribution in [-0.2, 0) is 0 Å². The lowest BCUT2D eigenvalue weighted by atomic mass is 10.1. The van der Waals surface area contributed by atoms with Gasteiger partial charge < -0.3 is 10.2 Å². The van der Waals surface area contributed by atoms with Gasteiger partial charge in [0, 0.05) is 40.8 Å². The molecule has 1 heterocycles. The normalized spacial score (nSPS) is 18.2. The van der Waals surface area contributed by atoms with Crippen molar-refractivity contribution in [2.24, 2.45) is 0 Å². The number of hydrogen-bond acceptors (Lipinski definition) is 3. The monoisotopic (exact) mass is 326 g/mol. The Morgan fingerprint density at radius 3 is 2.90 bits per heavy atom. The molecule has 1 aliphatic rings. The highest BCUT2D eigenvalue weighted by Crippen LogP contribution is 2.31. The number of nitrogens with one attached hydrogen (secondary N) is 1. The summed E-state index contributed by atoms with van der Waals surface area (Å²) in [6.45, 7) is 8.89. The molecule has 1 aromatic carbocycles. The summed E-state index contributed by atoms with van der Waals surface area (Å²) in [5, 5.41) is 3.85. The molecule has 21 heavy (non-hydrogen) atoms. The van der Waals surface area contributed by atoms with Gasteiger partial charge in [-0.3, -0.25) is 4.79 Å². The SMILES string of the molecule is CCNc1ccc(Cl)cc1C(=O)N1CCSC(C)(C)CC1. The van der Waals surface area contributed by atoms with Crippen LogP contribution in [0, 0.1) is 0 Å². The quantitative estimate of drug-likeness (QED) is 0.906. The van der Waals surface area contributed by atoms with E-state index in [-0.39, 0.29) is 10.7 Å². The maximum Gasteiger partial charge on any atom is 0.256 e. The van der Waals surface area contributed by atoms with E-state index in [1.54, 1.807) is 6.07 Å². The molecular weight excluding hydrogens is 304 g/mol. The molecule has 0 atom stereocenters. The number of rotatable bonds is 3. The number of carbonyl (C=O) groups is 1. The standard InChI is InChI=1S/C16H23ClN2OS/c1-4-18-14-6-5-12(17)11-13(14)15(20)19-8-7-16(2,3)21-10-9-19/h5-6,11,18H,4,7-10H2,1-3H3. The zero-order valence-corrected chi connectivity index (χ0v) is 14.5. The van der Waals surface area contributed by atoms with Crippen molar-refractivity contribution in [2.45, 2.75) is 31.9 Å². The van der Waals surface area contributed by atoms with Crippen molar-refractivity contribution in [3.05, 3.63) is 28.8 Å². The molecule has 1 aromatic rings. The molecule has 1 N–H and O–H groups in total. The molecule has 1 saturated heterocycles. The molecule has 1 amide bonds. The second-order valence-electron chi connectivity index (χ2n) is 5.87. The van der Waals surface area contributed by atoms with Gasteiger partial charge >= 0.3 is 0 Å². The van der Waals surface area contributed by atoms with Crippen LogP contribution in [0.15, 0.2) is 18.2 Å². The first kappa shape index (κ1) is 16.5. The Bertz CT molecular complexity index is 519. The first-order valence-corrected chi connectivity index (χ1v) is 8.76. The first-order chi connectivity index (χ1) is 9.93. The van der Waals surface area contributed by atoms with Crippen molar-refractivity contribution in [1.82, 2.24) is 4.90 Å². The summed E-state index contributed by atoms with van der Waals surface area (Å²) in [5.41, 5.74) is 1.54. The molecule has 0 spiro atoms. The minimum Gasteiger partial charge on any atom is -0.385 e. The van der Waals surface area contributed by atoms with Crippen LogP contribution in [0.3, 0.4) is 0 Å². The van der Waals surface area contributed by atoms with E-state index in [1.165, 1.54) is 0 Å². The average molecular weight is 327 g/mol.